The maximum Gasteiger partial charge on any atom is 0.263 e. The van der Waals surface area contributed by atoms with Crippen molar-refractivity contribution in [2.24, 2.45) is 4.99 Å². The fourth-order valence-corrected chi connectivity index (χ4v) is 4.29. The molecule has 2 heterocycles. The third-order valence-corrected chi connectivity index (χ3v) is 6.09. The molecule has 2 aromatic carbocycles. The van der Waals surface area contributed by atoms with Gasteiger partial charge in [-0.05, 0) is 54.4 Å². The zero-order valence-electron chi connectivity index (χ0n) is 14.2. The second kappa shape index (κ2) is 7.01. The number of ether oxygens (including phenoxy) is 2. The molecule has 0 aliphatic carbocycles. The van der Waals surface area contributed by atoms with Crippen molar-refractivity contribution in [3.8, 4) is 11.5 Å². The molecule has 0 amide bonds. The quantitative estimate of drug-likeness (QED) is 0.658. The summed E-state index contributed by atoms with van der Waals surface area (Å²) >= 11 is 1.22. The smallest absolute Gasteiger partial charge is 0.263 e. The van der Waals surface area contributed by atoms with Gasteiger partial charge in [0.05, 0.1) is 10.6 Å². The minimum Gasteiger partial charge on any atom is -0.454 e. The van der Waals surface area contributed by atoms with Crippen LogP contribution in [-0.2, 0) is 10.0 Å². The molecule has 0 radical (unpaired) electrons. The number of nitrogens with zero attached hydrogens (tertiary/aromatic N) is 2. The van der Waals surface area contributed by atoms with Crippen LogP contribution in [0.2, 0.25) is 0 Å². The number of rotatable bonds is 5. The fourth-order valence-electron chi connectivity index (χ4n) is 2.50. The van der Waals surface area contributed by atoms with E-state index in [1.807, 2.05) is 19.1 Å². The van der Waals surface area contributed by atoms with E-state index in [-0.39, 0.29) is 11.7 Å². The van der Waals surface area contributed by atoms with Crippen molar-refractivity contribution in [1.29, 1.82) is 0 Å². The summed E-state index contributed by atoms with van der Waals surface area (Å²) < 4.78 is 37.8. The molecule has 1 aliphatic heterocycles. The maximum atomic E-state index is 12.3. The van der Waals surface area contributed by atoms with Crippen LogP contribution in [-0.4, -0.2) is 26.4 Å². The second-order valence-electron chi connectivity index (χ2n) is 5.76. The Hall–Kier alpha value is -2.91. The number of hydrogen-bond donors (Lipinski definition) is 1. The van der Waals surface area contributed by atoms with Crippen LogP contribution in [0.15, 0.2) is 57.9 Å². The van der Waals surface area contributed by atoms with Crippen LogP contribution in [0.1, 0.15) is 11.1 Å². The lowest BCUT2D eigenvalue weighted by molar-refractivity contribution is 0.174. The highest BCUT2D eigenvalue weighted by Crippen LogP contribution is 2.34. The molecule has 0 atom stereocenters. The Morgan fingerprint density at radius 1 is 1.19 bits per heavy atom. The van der Waals surface area contributed by atoms with Gasteiger partial charge in [0.15, 0.2) is 16.6 Å². The average molecular weight is 401 g/mol. The first-order chi connectivity index (χ1) is 13.0. The van der Waals surface area contributed by atoms with Gasteiger partial charge in [0.1, 0.15) is 0 Å². The summed E-state index contributed by atoms with van der Waals surface area (Å²) in [4.78, 5) is 8.49. The van der Waals surface area contributed by atoms with Crippen LogP contribution in [0.25, 0.3) is 0 Å². The number of aliphatic imine (C=N–C) groups is 1. The van der Waals surface area contributed by atoms with Crippen LogP contribution in [0.3, 0.4) is 0 Å². The van der Waals surface area contributed by atoms with Crippen molar-refractivity contribution >= 4 is 38.4 Å². The fraction of sp³-hybridized carbons (Fsp3) is 0.111. The first kappa shape index (κ1) is 17.5. The Bertz CT molecular complexity index is 1090. The van der Waals surface area contributed by atoms with Crippen molar-refractivity contribution in [1.82, 2.24) is 4.98 Å². The van der Waals surface area contributed by atoms with E-state index in [9.17, 15) is 8.42 Å². The van der Waals surface area contributed by atoms with E-state index in [1.54, 1.807) is 29.9 Å². The molecule has 9 heteroatoms. The Morgan fingerprint density at radius 2 is 1.93 bits per heavy atom. The molecular weight excluding hydrogens is 386 g/mol. The molecule has 7 nitrogen and oxygen atoms in total. The van der Waals surface area contributed by atoms with E-state index in [0.717, 1.165) is 16.9 Å². The van der Waals surface area contributed by atoms with Gasteiger partial charge >= 0.3 is 0 Å². The van der Waals surface area contributed by atoms with Crippen molar-refractivity contribution in [3.05, 3.63) is 59.1 Å². The summed E-state index contributed by atoms with van der Waals surface area (Å²) in [7, 11) is -3.67. The van der Waals surface area contributed by atoms with E-state index in [1.165, 1.54) is 23.5 Å². The predicted octanol–water partition coefficient (Wildman–Crippen LogP) is 3.73. The van der Waals surface area contributed by atoms with Gasteiger partial charge in [0.2, 0.25) is 6.79 Å². The summed E-state index contributed by atoms with van der Waals surface area (Å²) in [6, 6.07) is 10.1. The number of aryl methyl sites for hydroxylation is 1. The standard InChI is InChI=1S/C18H15N3O4S2/c1-12-8-16-17(25-11-24-16)9-13(12)10-20-14-2-4-15(5-3-14)27(22,23)21-18-19-6-7-26-18/h2-10H,11H2,1H3,(H,19,21)/b20-10+. The molecule has 4 rings (SSSR count). The van der Waals surface area contributed by atoms with Crippen molar-refractivity contribution < 1.29 is 17.9 Å². The zero-order chi connectivity index (χ0) is 18.9. The first-order valence-electron chi connectivity index (χ1n) is 7.98. The number of hydrogen-bond acceptors (Lipinski definition) is 7. The largest absolute Gasteiger partial charge is 0.454 e. The normalized spacial score (nSPS) is 13.2. The topological polar surface area (TPSA) is 89.9 Å². The van der Waals surface area contributed by atoms with Crippen LogP contribution < -0.4 is 14.2 Å². The van der Waals surface area contributed by atoms with Gasteiger partial charge in [-0.2, -0.15) is 0 Å². The molecule has 0 unspecified atom stereocenters. The lowest BCUT2D eigenvalue weighted by atomic mass is 10.1. The molecule has 0 fully saturated rings. The third kappa shape index (κ3) is 3.79. The van der Waals surface area contributed by atoms with E-state index in [2.05, 4.69) is 14.7 Å². The lowest BCUT2D eigenvalue weighted by Gasteiger charge is -2.05. The van der Waals surface area contributed by atoms with Crippen molar-refractivity contribution in [2.45, 2.75) is 11.8 Å². The molecule has 138 valence electrons. The molecule has 0 saturated heterocycles. The summed E-state index contributed by atoms with van der Waals surface area (Å²) in [5.74, 6) is 1.42. The van der Waals surface area contributed by atoms with Crippen molar-refractivity contribution in [3.63, 3.8) is 0 Å². The van der Waals surface area contributed by atoms with E-state index in [4.69, 9.17) is 9.47 Å². The average Bonchev–Trinajstić information content (AvgIpc) is 3.31. The van der Waals surface area contributed by atoms with Crippen LogP contribution in [0.5, 0.6) is 11.5 Å². The van der Waals surface area contributed by atoms with E-state index in [0.29, 0.717) is 16.6 Å². The summed E-state index contributed by atoms with van der Waals surface area (Å²) in [5, 5.41) is 2.03. The molecule has 0 bridgehead atoms. The molecule has 1 N–H and O–H groups in total. The molecule has 0 spiro atoms. The molecule has 0 saturated carbocycles. The third-order valence-electron chi connectivity index (χ3n) is 3.91. The van der Waals surface area contributed by atoms with Gasteiger partial charge in [0, 0.05) is 17.8 Å². The minimum atomic E-state index is -3.67. The Morgan fingerprint density at radius 3 is 2.63 bits per heavy atom. The number of sulfonamides is 1. The van der Waals surface area contributed by atoms with Gasteiger partial charge in [-0.3, -0.25) is 9.71 Å². The SMILES string of the molecule is Cc1cc2c(cc1/C=N/c1ccc(S(=O)(=O)Nc3nccs3)cc1)OCO2. The first-order valence-corrected chi connectivity index (χ1v) is 10.3. The zero-order valence-corrected chi connectivity index (χ0v) is 15.9. The van der Waals surface area contributed by atoms with Gasteiger partial charge in [-0.1, -0.05) is 0 Å². The van der Waals surface area contributed by atoms with E-state index < -0.39 is 10.0 Å². The van der Waals surface area contributed by atoms with Gasteiger partial charge in [-0.15, -0.1) is 11.3 Å². The Kier molecular flexibility index (Phi) is 4.54. The summed E-state index contributed by atoms with van der Waals surface area (Å²) in [6.07, 6.45) is 3.26. The van der Waals surface area contributed by atoms with E-state index >= 15 is 0 Å². The number of thiazole rings is 1. The van der Waals surface area contributed by atoms with Gasteiger partial charge < -0.3 is 9.47 Å². The second-order valence-corrected chi connectivity index (χ2v) is 8.33. The molecule has 1 aliphatic rings. The maximum absolute atomic E-state index is 12.3. The predicted molar refractivity (Wildman–Crippen MR) is 104 cm³/mol. The van der Waals surface area contributed by atoms with Crippen LogP contribution in [0.4, 0.5) is 10.8 Å². The highest BCUT2D eigenvalue weighted by Gasteiger charge is 2.16. The monoisotopic (exact) mass is 401 g/mol. The highest BCUT2D eigenvalue weighted by molar-refractivity contribution is 7.93. The summed E-state index contributed by atoms with van der Waals surface area (Å²) in [6.45, 7) is 2.18. The molecular formula is C18H15N3O4S2. The molecule has 1 aromatic heterocycles. The Balaban J connectivity index is 1.52. The van der Waals surface area contributed by atoms with Crippen LogP contribution in [0, 0.1) is 6.92 Å². The number of fused-ring (bicyclic) bond motifs is 1. The van der Waals surface area contributed by atoms with Gasteiger partial charge in [-0.25, -0.2) is 13.4 Å². The highest BCUT2D eigenvalue weighted by atomic mass is 32.2. The lowest BCUT2D eigenvalue weighted by Crippen LogP contribution is -2.12. The van der Waals surface area contributed by atoms with Crippen LogP contribution >= 0.6 is 11.3 Å². The van der Waals surface area contributed by atoms with Crippen molar-refractivity contribution in [2.75, 3.05) is 11.5 Å². The number of anilines is 1. The number of benzene rings is 2. The molecule has 27 heavy (non-hydrogen) atoms. The minimum absolute atomic E-state index is 0.149. The summed E-state index contributed by atoms with van der Waals surface area (Å²) in [5.41, 5.74) is 2.55. The number of aromatic nitrogens is 1. The number of nitrogens with one attached hydrogen (secondary N) is 1. The Labute approximate surface area is 160 Å². The molecule has 3 aromatic rings. The van der Waals surface area contributed by atoms with Gasteiger partial charge in [0.25, 0.3) is 10.0 Å².